The van der Waals surface area contributed by atoms with Gasteiger partial charge in [-0.15, -0.1) is 129 Å². The van der Waals surface area contributed by atoms with Crippen LogP contribution in [0.4, 0.5) is 0 Å². The maximum atomic E-state index is 12.2. The summed E-state index contributed by atoms with van der Waals surface area (Å²) in [4.78, 5) is 23.9. The Kier molecular flexibility index (Phi) is 48.0. The molecule has 23 heteroatoms. The fourth-order valence-electron chi connectivity index (χ4n) is 2.23. The van der Waals surface area contributed by atoms with E-state index in [1.165, 1.54) is 23.5 Å². The average molecular weight is 976 g/mol. The van der Waals surface area contributed by atoms with E-state index in [4.69, 9.17) is 10.2 Å². The van der Waals surface area contributed by atoms with E-state index >= 15 is 0 Å². The fourth-order valence-corrected chi connectivity index (χ4v) is 23.1. The second kappa shape index (κ2) is 43.5. The molecule has 0 spiro atoms. The van der Waals surface area contributed by atoms with E-state index < -0.39 is 21.6 Å². The quantitative estimate of drug-likeness (QED) is 0.0460. The minimum atomic E-state index is -0.798. The second-order valence-electron chi connectivity index (χ2n) is 7.94. The van der Waals surface area contributed by atoms with Gasteiger partial charge >= 0.3 is 0 Å². The molecule has 0 fully saturated rings. The Bertz CT molecular complexity index is 774. The topological polar surface area (TPSA) is 109 Å². The summed E-state index contributed by atoms with van der Waals surface area (Å²) in [6, 6.07) is 0. The summed E-state index contributed by atoms with van der Waals surface area (Å²) in [5.74, 6) is 5.80. The van der Waals surface area contributed by atoms with Crippen molar-refractivity contribution in [1.29, 1.82) is 0 Å². The van der Waals surface area contributed by atoms with Crippen molar-refractivity contribution in [2.24, 2.45) is 0 Å². The molecule has 0 aliphatic heterocycles. The highest BCUT2D eigenvalue weighted by Crippen LogP contribution is 2.25. The molecule has 47 heavy (non-hydrogen) atoms. The summed E-state index contributed by atoms with van der Waals surface area (Å²) >= 11 is 25.4. The van der Waals surface area contributed by atoms with Crippen LogP contribution in [0.1, 0.15) is 0 Å². The number of carbonyl (C=O) groups is 2. The van der Waals surface area contributed by atoms with Gasteiger partial charge in [0.05, 0.1) is 34.9 Å². The molecule has 0 saturated heterocycles. The number of thioether (sulfide) groups is 15. The van der Waals surface area contributed by atoms with E-state index in [2.05, 4.69) is 0 Å². The normalized spacial score (nSPS) is 12.8. The van der Waals surface area contributed by atoms with Crippen LogP contribution in [-0.4, -0.2) is 149 Å². The molecule has 0 aromatic rings. The van der Waals surface area contributed by atoms with Crippen LogP contribution in [-0.2, 0) is 31.2 Å². The molecule has 6 nitrogen and oxygen atoms in total. The summed E-state index contributed by atoms with van der Waals surface area (Å²) < 4.78 is 24.2. The smallest absolute Gasteiger partial charge is 0.199 e. The molecule has 2 unspecified atom stereocenters. The lowest BCUT2D eigenvalue weighted by Gasteiger charge is -2.05. The highest BCUT2D eigenvalue weighted by Gasteiger charge is 2.06. The standard InChI is InChI=1S/C24H46O6S17/c25-1-3-31-11-40-19-44-23(27)9-35-15-38-13-34-6-8-47(30)22-43-18-39-17-41-20-45-24(28)10-36-16-37-12-33-5-7-46(29)21-42-14-32-4-2-26/h25-26H,1-22H2. The van der Waals surface area contributed by atoms with Gasteiger partial charge in [-0.1, -0.05) is 23.5 Å². The molecule has 0 saturated carbocycles. The van der Waals surface area contributed by atoms with E-state index in [0.29, 0.717) is 21.7 Å². The van der Waals surface area contributed by atoms with Crippen molar-refractivity contribution in [3.8, 4) is 0 Å². The van der Waals surface area contributed by atoms with Gasteiger partial charge in [-0.25, -0.2) is 0 Å². The van der Waals surface area contributed by atoms with E-state index in [-0.39, 0.29) is 23.4 Å². The molecule has 0 aliphatic carbocycles. The summed E-state index contributed by atoms with van der Waals surface area (Å²) in [6.45, 7) is 0.402. The van der Waals surface area contributed by atoms with Gasteiger partial charge in [0.1, 0.15) is 0 Å². The highest BCUT2D eigenvalue weighted by molar-refractivity contribution is 8.31. The molecule has 0 bridgehead atoms. The zero-order valence-electron chi connectivity index (χ0n) is 26.0. The van der Waals surface area contributed by atoms with Gasteiger partial charge in [-0.05, 0) is 0 Å². The van der Waals surface area contributed by atoms with Crippen LogP contribution < -0.4 is 0 Å². The maximum Gasteiger partial charge on any atom is 0.199 e. The average Bonchev–Trinajstić information content (AvgIpc) is 3.06. The second-order valence-corrected chi connectivity index (χ2v) is 30.8. The molecular weight excluding hydrogens is 929 g/mol. The van der Waals surface area contributed by atoms with Crippen LogP contribution in [0.5, 0.6) is 0 Å². The molecule has 0 aromatic heterocycles. The Morgan fingerprint density at radius 1 is 0.404 bits per heavy atom. The van der Waals surface area contributed by atoms with Gasteiger partial charge < -0.3 is 10.2 Å². The van der Waals surface area contributed by atoms with Crippen molar-refractivity contribution in [2.75, 3.05) is 120 Å². The number of carbonyl (C=O) groups excluding carboxylic acids is 2. The van der Waals surface area contributed by atoms with Crippen molar-refractivity contribution >= 4 is 208 Å². The molecule has 0 aliphatic rings. The first-order valence-electron chi connectivity index (χ1n) is 13.7. The third-order valence-electron chi connectivity index (χ3n) is 4.19. The predicted octanol–water partition coefficient (Wildman–Crippen LogP) is 8.01. The number of hydrogen-bond donors (Lipinski definition) is 2. The zero-order chi connectivity index (χ0) is 34.5. The predicted molar refractivity (Wildman–Crippen MR) is 252 cm³/mol. The first kappa shape index (κ1) is 51.8. The Labute approximate surface area is 352 Å². The Balaban J connectivity index is 3.35. The van der Waals surface area contributed by atoms with Gasteiger partial charge in [0, 0.05) is 107 Å². The maximum absolute atomic E-state index is 12.2. The summed E-state index contributed by atoms with van der Waals surface area (Å²) in [5, 5.41) is 28.2. The first-order valence-corrected chi connectivity index (χ1v) is 33.7. The Hall–Kier alpha value is 4.81. The van der Waals surface area contributed by atoms with Gasteiger partial charge in [0.25, 0.3) is 0 Å². The molecule has 0 heterocycles. The molecule has 2 N–H and O–H groups in total. The van der Waals surface area contributed by atoms with E-state index in [1.807, 2.05) is 47.0 Å². The van der Waals surface area contributed by atoms with Crippen molar-refractivity contribution in [2.45, 2.75) is 0 Å². The van der Waals surface area contributed by atoms with Crippen LogP contribution in [0.2, 0.25) is 0 Å². The van der Waals surface area contributed by atoms with Crippen LogP contribution in [0.25, 0.3) is 0 Å². The molecule has 0 amide bonds. The Morgan fingerprint density at radius 3 is 1.15 bits per heavy atom. The first-order chi connectivity index (χ1) is 23.0. The van der Waals surface area contributed by atoms with E-state index in [0.717, 1.165) is 85.4 Å². The van der Waals surface area contributed by atoms with Crippen LogP contribution in [0.15, 0.2) is 0 Å². The molecular formula is C24H46O6S17. The summed E-state index contributed by atoms with van der Waals surface area (Å²) in [5.41, 5.74) is 0. The molecule has 280 valence electrons. The van der Waals surface area contributed by atoms with Gasteiger partial charge in [-0.2, -0.15) is 23.5 Å². The van der Waals surface area contributed by atoms with Crippen LogP contribution in [0, 0.1) is 0 Å². The SMILES string of the molecule is O=C(CSCSCSCCS(=O)CSCSCSCSC(=O)CSCSCSCCS(=O)CSCSCCO)SCSCSCCO. The molecule has 0 aromatic carbocycles. The number of rotatable bonds is 38. The lowest BCUT2D eigenvalue weighted by Crippen LogP contribution is -2.03. The van der Waals surface area contributed by atoms with Gasteiger partial charge in [-0.3, -0.25) is 18.0 Å². The van der Waals surface area contributed by atoms with Crippen molar-refractivity contribution < 1.29 is 28.2 Å². The largest absolute Gasteiger partial charge is 0.396 e. The molecule has 0 radical (unpaired) electrons. The van der Waals surface area contributed by atoms with Gasteiger partial charge in [0.15, 0.2) is 10.2 Å². The lowest BCUT2D eigenvalue weighted by atomic mass is 10.9. The fraction of sp³-hybridized carbons (Fsp3) is 0.917. The van der Waals surface area contributed by atoms with Crippen LogP contribution >= 0.6 is 176 Å². The number of aliphatic hydroxyl groups excluding tert-OH is 2. The third kappa shape index (κ3) is 43.4. The number of aliphatic hydroxyl groups is 2. The minimum Gasteiger partial charge on any atom is -0.396 e. The minimum absolute atomic E-state index is 0.197. The van der Waals surface area contributed by atoms with Gasteiger partial charge in [0.2, 0.25) is 0 Å². The molecule has 0 rings (SSSR count). The highest BCUT2D eigenvalue weighted by atomic mass is 32.3. The zero-order valence-corrected chi connectivity index (χ0v) is 39.9. The molecule has 2 atom stereocenters. The van der Waals surface area contributed by atoms with Crippen molar-refractivity contribution in [3.05, 3.63) is 0 Å². The van der Waals surface area contributed by atoms with Crippen LogP contribution in [0.3, 0.4) is 0 Å². The lowest BCUT2D eigenvalue weighted by molar-refractivity contribution is -0.109. The van der Waals surface area contributed by atoms with E-state index in [1.54, 1.807) is 106 Å². The summed E-state index contributed by atoms with van der Waals surface area (Å²) in [6.07, 6.45) is 0. The summed E-state index contributed by atoms with van der Waals surface area (Å²) in [7, 11) is -1.58. The Morgan fingerprint density at radius 2 is 0.723 bits per heavy atom. The number of hydrogen-bond acceptors (Lipinski definition) is 21. The third-order valence-corrected chi connectivity index (χ3v) is 26.6. The van der Waals surface area contributed by atoms with Crippen molar-refractivity contribution in [3.63, 3.8) is 0 Å². The monoisotopic (exact) mass is 974 g/mol. The van der Waals surface area contributed by atoms with E-state index in [9.17, 15) is 18.0 Å². The van der Waals surface area contributed by atoms with Crippen molar-refractivity contribution in [1.82, 2.24) is 0 Å².